The van der Waals surface area contributed by atoms with Crippen LogP contribution in [0.4, 0.5) is 5.69 Å². The van der Waals surface area contributed by atoms with Crippen molar-refractivity contribution >= 4 is 5.69 Å². The number of rotatable bonds is 6. The first-order valence-corrected chi connectivity index (χ1v) is 4.91. The highest BCUT2D eigenvalue weighted by molar-refractivity contribution is 5.50. The number of nitro benzene ring substituents is 1. The molecule has 0 aromatic heterocycles. The summed E-state index contributed by atoms with van der Waals surface area (Å²) in [7, 11) is 1.44. The molecule has 0 aliphatic carbocycles. The van der Waals surface area contributed by atoms with Gasteiger partial charge in [0, 0.05) is 18.7 Å². The van der Waals surface area contributed by atoms with Crippen molar-refractivity contribution in [3.63, 3.8) is 0 Å². The Morgan fingerprint density at radius 1 is 1.59 bits per heavy atom. The van der Waals surface area contributed by atoms with Crippen LogP contribution in [0.1, 0.15) is 0 Å². The summed E-state index contributed by atoms with van der Waals surface area (Å²) in [6.45, 7) is -0.0811. The lowest BCUT2D eigenvalue weighted by atomic mass is 10.3. The van der Waals surface area contributed by atoms with Crippen LogP contribution in [-0.4, -0.2) is 36.4 Å². The highest BCUT2D eigenvalue weighted by atomic mass is 16.6. The van der Waals surface area contributed by atoms with Crippen LogP contribution < -0.4 is 15.2 Å². The molecule has 94 valence electrons. The molecule has 1 aromatic rings. The summed E-state index contributed by atoms with van der Waals surface area (Å²) < 4.78 is 10.1. The third-order valence-electron chi connectivity index (χ3n) is 2.07. The molecule has 0 bridgehead atoms. The Morgan fingerprint density at radius 2 is 2.29 bits per heavy atom. The topological polar surface area (TPSA) is 108 Å². The van der Waals surface area contributed by atoms with Crippen LogP contribution in [0.2, 0.25) is 0 Å². The van der Waals surface area contributed by atoms with Crippen LogP contribution in [0.15, 0.2) is 18.2 Å². The highest BCUT2D eigenvalue weighted by Gasteiger charge is 2.17. The molecule has 0 fully saturated rings. The first-order valence-electron chi connectivity index (χ1n) is 4.91. The van der Waals surface area contributed by atoms with E-state index < -0.39 is 11.0 Å². The smallest absolute Gasteiger partial charge is 0.311 e. The Balaban J connectivity index is 2.89. The molecule has 0 heterocycles. The maximum absolute atomic E-state index is 10.7. The van der Waals surface area contributed by atoms with Crippen molar-refractivity contribution in [2.24, 2.45) is 5.73 Å². The van der Waals surface area contributed by atoms with E-state index in [9.17, 15) is 15.2 Å². The van der Waals surface area contributed by atoms with E-state index in [1.165, 1.54) is 25.3 Å². The minimum absolute atomic E-state index is 0.0256. The molecule has 7 heteroatoms. The lowest BCUT2D eigenvalue weighted by molar-refractivity contribution is -0.385. The Labute approximate surface area is 97.9 Å². The molecular formula is C10H14N2O5. The zero-order chi connectivity index (χ0) is 12.8. The molecule has 0 saturated carbocycles. The Morgan fingerprint density at radius 3 is 2.82 bits per heavy atom. The van der Waals surface area contributed by atoms with Crippen molar-refractivity contribution in [2.45, 2.75) is 6.10 Å². The predicted molar refractivity (Wildman–Crippen MR) is 60.2 cm³/mol. The number of hydrogen-bond donors (Lipinski definition) is 2. The third-order valence-corrected chi connectivity index (χ3v) is 2.07. The summed E-state index contributed by atoms with van der Waals surface area (Å²) >= 11 is 0. The van der Waals surface area contributed by atoms with Crippen molar-refractivity contribution in [2.75, 3.05) is 20.3 Å². The molecule has 0 unspecified atom stereocenters. The zero-order valence-corrected chi connectivity index (χ0v) is 9.33. The minimum atomic E-state index is -0.860. The van der Waals surface area contributed by atoms with Gasteiger partial charge < -0.3 is 20.3 Å². The molecule has 0 amide bonds. The SMILES string of the molecule is COc1ccc([N+](=O)[O-])c(OC[C@H](O)CN)c1. The van der Waals surface area contributed by atoms with Gasteiger partial charge in [-0.25, -0.2) is 0 Å². The van der Waals surface area contributed by atoms with Crippen LogP contribution >= 0.6 is 0 Å². The van der Waals surface area contributed by atoms with E-state index in [0.29, 0.717) is 5.75 Å². The van der Waals surface area contributed by atoms with E-state index in [1.807, 2.05) is 0 Å². The monoisotopic (exact) mass is 242 g/mol. The average Bonchev–Trinajstić information content (AvgIpc) is 2.35. The number of nitrogens with two attached hydrogens (primary N) is 1. The summed E-state index contributed by atoms with van der Waals surface area (Å²) in [5.74, 6) is 0.481. The van der Waals surface area contributed by atoms with Gasteiger partial charge in [0.15, 0.2) is 0 Å². The molecule has 0 saturated heterocycles. The van der Waals surface area contributed by atoms with Crippen molar-refractivity contribution in [1.29, 1.82) is 0 Å². The van der Waals surface area contributed by atoms with E-state index in [-0.39, 0.29) is 24.6 Å². The standard InChI is InChI=1S/C10H14N2O5/c1-16-8-2-3-9(12(14)15)10(4-8)17-6-7(13)5-11/h2-4,7,13H,5-6,11H2,1H3/t7-/m1/s1. The van der Waals surface area contributed by atoms with Gasteiger partial charge in [0.2, 0.25) is 5.75 Å². The first kappa shape index (κ1) is 13.2. The van der Waals surface area contributed by atoms with Crippen LogP contribution in [0.5, 0.6) is 11.5 Å². The molecule has 0 radical (unpaired) electrons. The first-order chi connectivity index (χ1) is 8.08. The number of benzene rings is 1. The summed E-state index contributed by atoms with van der Waals surface area (Å²) in [5.41, 5.74) is 5.02. The zero-order valence-electron chi connectivity index (χ0n) is 9.33. The average molecular weight is 242 g/mol. The largest absolute Gasteiger partial charge is 0.497 e. The number of ether oxygens (including phenoxy) is 2. The molecule has 1 aromatic carbocycles. The minimum Gasteiger partial charge on any atom is -0.497 e. The highest BCUT2D eigenvalue weighted by Crippen LogP contribution is 2.31. The second-order valence-corrected chi connectivity index (χ2v) is 3.29. The fourth-order valence-corrected chi connectivity index (χ4v) is 1.14. The predicted octanol–water partition coefficient (Wildman–Crippen LogP) is 0.302. The van der Waals surface area contributed by atoms with E-state index in [4.69, 9.17) is 15.2 Å². The summed E-state index contributed by atoms with van der Waals surface area (Å²) in [6, 6.07) is 4.13. The van der Waals surface area contributed by atoms with Gasteiger partial charge in [-0.3, -0.25) is 10.1 Å². The van der Waals surface area contributed by atoms with Gasteiger partial charge in [-0.05, 0) is 6.07 Å². The molecule has 0 aliphatic rings. The fourth-order valence-electron chi connectivity index (χ4n) is 1.14. The van der Waals surface area contributed by atoms with Crippen LogP contribution in [0.25, 0.3) is 0 Å². The van der Waals surface area contributed by atoms with Crippen molar-refractivity contribution in [3.8, 4) is 11.5 Å². The number of nitro groups is 1. The Kier molecular flexibility index (Phi) is 4.68. The second kappa shape index (κ2) is 6.02. The summed E-state index contributed by atoms with van der Waals surface area (Å²) in [6.07, 6.45) is -0.860. The molecule has 3 N–H and O–H groups in total. The molecule has 7 nitrogen and oxygen atoms in total. The normalized spacial score (nSPS) is 11.9. The molecule has 1 rings (SSSR count). The third kappa shape index (κ3) is 3.58. The van der Waals surface area contributed by atoms with Gasteiger partial charge in [0.1, 0.15) is 18.5 Å². The summed E-state index contributed by atoms with van der Waals surface area (Å²) in [5, 5.41) is 20.0. The number of nitrogens with zero attached hydrogens (tertiary/aromatic N) is 1. The number of methoxy groups -OCH3 is 1. The van der Waals surface area contributed by atoms with Gasteiger partial charge in [0.05, 0.1) is 12.0 Å². The van der Waals surface area contributed by atoms with E-state index in [0.717, 1.165) is 0 Å². The lowest BCUT2D eigenvalue weighted by Crippen LogP contribution is -2.26. The molecule has 17 heavy (non-hydrogen) atoms. The van der Waals surface area contributed by atoms with Gasteiger partial charge in [0.25, 0.3) is 0 Å². The van der Waals surface area contributed by atoms with Crippen molar-refractivity contribution in [3.05, 3.63) is 28.3 Å². The van der Waals surface area contributed by atoms with Crippen LogP contribution in [0, 0.1) is 10.1 Å². The van der Waals surface area contributed by atoms with Gasteiger partial charge in [-0.2, -0.15) is 0 Å². The fraction of sp³-hybridized carbons (Fsp3) is 0.400. The number of aliphatic hydroxyl groups is 1. The van der Waals surface area contributed by atoms with E-state index in [2.05, 4.69) is 0 Å². The molecule has 0 spiro atoms. The van der Waals surface area contributed by atoms with Gasteiger partial charge >= 0.3 is 5.69 Å². The van der Waals surface area contributed by atoms with E-state index in [1.54, 1.807) is 0 Å². The Hall–Kier alpha value is -1.86. The van der Waals surface area contributed by atoms with Gasteiger partial charge in [-0.15, -0.1) is 0 Å². The molecule has 1 atom stereocenters. The summed E-state index contributed by atoms with van der Waals surface area (Å²) in [4.78, 5) is 10.2. The maximum Gasteiger partial charge on any atom is 0.311 e. The van der Waals surface area contributed by atoms with E-state index >= 15 is 0 Å². The lowest BCUT2D eigenvalue weighted by Gasteiger charge is -2.11. The van der Waals surface area contributed by atoms with Crippen molar-refractivity contribution < 1.29 is 19.5 Å². The number of aliphatic hydroxyl groups excluding tert-OH is 1. The van der Waals surface area contributed by atoms with Gasteiger partial charge in [-0.1, -0.05) is 0 Å². The molecule has 0 aliphatic heterocycles. The van der Waals surface area contributed by atoms with Crippen LogP contribution in [-0.2, 0) is 0 Å². The maximum atomic E-state index is 10.7. The quantitative estimate of drug-likeness (QED) is 0.548. The van der Waals surface area contributed by atoms with Crippen molar-refractivity contribution in [1.82, 2.24) is 0 Å². The number of hydrogen-bond acceptors (Lipinski definition) is 6. The van der Waals surface area contributed by atoms with Crippen LogP contribution in [0.3, 0.4) is 0 Å². The second-order valence-electron chi connectivity index (χ2n) is 3.29. The Bertz CT molecular complexity index is 396. The molecular weight excluding hydrogens is 228 g/mol.